The lowest BCUT2D eigenvalue weighted by atomic mass is 10.0. The van der Waals surface area contributed by atoms with Gasteiger partial charge >= 0.3 is 0 Å². The first-order valence-electron chi connectivity index (χ1n) is 7.04. The number of benzene rings is 1. The molecule has 1 aromatic carbocycles. The van der Waals surface area contributed by atoms with Crippen molar-refractivity contribution in [3.63, 3.8) is 0 Å². The summed E-state index contributed by atoms with van der Waals surface area (Å²) in [5.74, 6) is 1.67. The smallest absolute Gasteiger partial charge is 0.128 e. The predicted octanol–water partition coefficient (Wildman–Crippen LogP) is 4.03. The molecule has 3 nitrogen and oxygen atoms in total. The highest BCUT2D eigenvalue weighted by Crippen LogP contribution is 2.17. The van der Waals surface area contributed by atoms with Crippen molar-refractivity contribution in [2.24, 2.45) is 0 Å². The van der Waals surface area contributed by atoms with Crippen molar-refractivity contribution in [1.29, 1.82) is 0 Å². The zero-order valence-corrected chi connectivity index (χ0v) is 12.1. The molecule has 0 radical (unpaired) electrons. The highest BCUT2D eigenvalue weighted by Gasteiger charge is 2.02. The maximum Gasteiger partial charge on any atom is 0.128 e. The Balaban J connectivity index is 1.96. The summed E-state index contributed by atoms with van der Waals surface area (Å²) in [5.41, 5.74) is 2.52. The summed E-state index contributed by atoms with van der Waals surface area (Å²) < 4.78 is 2.20. The van der Waals surface area contributed by atoms with Gasteiger partial charge in [-0.3, -0.25) is 0 Å². The Morgan fingerprint density at radius 3 is 2.58 bits per heavy atom. The number of rotatable bonds is 6. The van der Waals surface area contributed by atoms with Crippen molar-refractivity contribution in [2.45, 2.75) is 46.2 Å². The van der Waals surface area contributed by atoms with Gasteiger partial charge in [-0.05, 0) is 30.0 Å². The molecule has 3 heteroatoms. The van der Waals surface area contributed by atoms with Crippen LogP contribution >= 0.6 is 0 Å². The average Bonchev–Trinajstić information content (AvgIpc) is 2.85. The van der Waals surface area contributed by atoms with Crippen LogP contribution in [0.2, 0.25) is 0 Å². The molecule has 2 aromatic rings. The van der Waals surface area contributed by atoms with Gasteiger partial charge in [0.2, 0.25) is 0 Å². The summed E-state index contributed by atoms with van der Waals surface area (Å²) in [7, 11) is 0. The summed E-state index contributed by atoms with van der Waals surface area (Å²) in [6.45, 7) is 8.41. The molecule has 19 heavy (non-hydrogen) atoms. The van der Waals surface area contributed by atoms with Gasteiger partial charge in [0.05, 0.1) is 6.54 Å². The lowest BCUT2D eigenvalue weighted by molar-refractivity contribution is 0.644. The third-order valence-electron chi connectivity index (χ3n) is 3.29. The van der Waals surface area contributed by atoms with Crippen molar-refractivity contribution in [3.8, 4) is 0 Å². The second-order valence-electron chi connectivity index (χ2n) is 5.17. The second kappa shape index (κ2) is 6.41. The summed E-state index contributed by atoms with van der Waals surface area (Å²) in [5, 5.41) is 3.43. The number of anilines is 1. The van der Waals surface area contributed by atoms with E-state index in [0.717, 1.165) is 31.0 Å². The minimum atomic E-state index is 0.581. The number of aryl methyl sites for hydroxylation is 1. The third kappa shape index (κ3) is 3.60. The minimum absolute atomic E-state index is 0.581. The number of hydrogen-bond acceptors (Lipinski definition) is 2. The van der Waals surface area contributed by atoms with Gasteiger partial charge < -0.3 is 9.88 Å². The van der Waals surface area contributed by atoms with Crippen LogP contribution in [0, 0.1) is 0 Å². The van der Waals surface area contributed by atoms with Gasteiger partial charge in [-0.1, -0.05) is 32.9 Å². The van der Waals surface area contributed by atoms with E-state index in [1.807, 2.05) is 12.4 Å². The van der Waals surface area contributed by atoms with Gasteiger partial charge in [0.25, 0.3) is 0 Å². The number of hydrogen-bond donors (Lipinski definition) is 1. The first-order chi connectivity index (χ1) is 9.20. The molecule has 0 unspecified atom stereocenters. The van der Waals surface area contributed by atoms with E-state index in [1.165, 1.54) is 5.56 Å². The number of aromatic nitrogens is 2. The maximum absolute atomic E-state index is 4.40. The summed E-state index contributed by atoms with van der Waals surface area (Å²) in [6, 6.07) is 8.65. The van der Waals surface area contributed by atoms with Gasteiger partial charge in [-0.15, -0.1) is 0 Å². The zero-order chi connectivity index (χ0) is 13.7. The van der Waals surface area contributed by atoms with E-state index < -0.39 is 0 Å². The molecule has 1 heterocycles. The van der Waals surface area contributed by atoms with Crippen molar-refractivity contribution in [2.75, 3.05) is 5.32 Å². The van der Waals surface area contributed by atoms with E-state index >= 15 is 0 Å². The second-order valence-corrected chi connectivity index (χ2v) is 5.17. The topological polar surface area (TPSA) is 29.9 Å². The molecule has 0 saturated heterocycles. The van der Waals surface area contributed by atoms with Crippen LogP contribution in [0.5, 0.6) is 0 Å². The van der Waals surface area contributed by atoms with E-state index in [0.29, 0.717) is 5.92 Å². The number of nitrogens with zero attached hydrogens (tertiary/aromatic N) is 2. The SMILES string of the molecule is CCCn1ccnc1CNc1ccc(C(C)C)cc1. The highest BCUT2D eigenvalue weighted by atomic mass is 15.1. The van der Waals surface area contributed by atoms with E-state index in [1.54, 1.807) is 0 Å². The fourth-order valence-electron chi connectivity index (χ4n) is 2.12. The number of nitrogens with one attached hydrogen (secondary N) is 1. The van der Waals surface area contributed by atoms with E-state index in [9.17, 15) is 0 Å². The van der Waals surface area contributed by atoms with E-state index in [4.69, 9.17) is 0 Å². The lowest BCUT2D eigenvalue weighted by Gasteiger charge is -2.10. The van der Waals surface area contributed by atoms with Crippen molar-refractivity contribution < 1.29 is 0 Å². The van der Waals surface area contributed by atoms with Crippen molar-refractivity contribution in [3.05, 3.63) is 48.0 Å². The Morgan fingerprint density at radius 1 is 1.21 bits per heavy atom. The first-order valence-corrected chi connectivity index (χ1v) is 7.04. The zero-order valence-electron chi connectivity index (χ0n) is 12.1. The van der Waals surface area contributed by atoms with E-state index in [2.05, 4.69) is 59.9 Å². The molecule has 0 aliphatic carbocycles. The molecule has 1 aromatic heterocycles. The predicted molar refractivity (Wildman–Crippen MR) is 80.4 cm³/mol. The van der Waals surface area contributed by atoms with Gasteiger partial charge in [-0.25, -0.2) is 4.98 Å². The molecular formula is C16H23N3. The van der Waals surface area contributed by atoms with Crippen LogP contribution in [0.25, 0.3) is 0 Å². The average molecular weight is 257 g/mol. The molecule has 0 aliphatic heterocycles. The van der Waals surface area contributed by atoms with Crippen molar-refractivity contribution >= 4 is 5.69 Å². The summed E-state index contributed by atoms with van der Waals surface area (Å²) in [6.07, 6.45) is 5.04. The Bertz CT molecular complexity index is 497. The molecule has 0 fully saturated rings. The minimum Gasteiger partial charge on any atom is -0.378 e. The maximum atomic E-state index is 4.40. The molecule has 1 N–H and O–H groups in total. The van der Waals surface area contributed by atoms with E-state index in [-0.39, 0.29) is 0 Å². The first kappa shape index (κ1) is 13.7. The Morgan fingerprint density at radius 2 is 1.95 bits per heavy atom. The third-order valence-corrected chi connectivity index (χ3v) is 3.29. The van der Waals surface area contributed by atoms with Crippen LogP contribution in [0.1, 0.15) is 44.5 Å². The van der Waals surface area contributed by atoms with Gasteiger partial charge in [-0.2, -0.15) is 0 Å². The molecule has 2 rings (SSSR count). The van der Waals surface area contributed by atoms with Crippen LogP contribution in [0.4, 0.5) is 5.69 Å². The van der Waals surface area contributed by atoms with Crippen LogP contribution in [-0.4, -0.2) is 9.55 Å². The fourth-order valence-corrected chi connectivity index (χ4v) is 2.12. The molecule has 0 amide bonds. The lowest BCUT2D eigenvalue weighted by Crippen LogP contribution is -2.08. The quantitative estimate of drug-likeness (QED) is 0.846. The largest absolute Gasteiger partial charge is 0.378 e. The Labute approximate surface area is 115 Å². The Kier molecular flexibility index (Phi) is 4.61. The normalized spacial score (nSPS) is 10.9. The highest BCUT2D eigenvalue weighted by molar-refractivity contribution is 5.45. The molecule has 0 spiro atoms. The molecule has 0 aliphatic rings. The molecule has 0 bridgehead atoms. The van der Waals surface area contributed by atoms with Gasteiger partial charge in [0.15, 0.2) is 0 Å². The molecule has 0 saturated carbocycles. The molecule has 0 atom stereocenters. The van der Waals surface area contributed by atoms with Gasteiger partial charge in [0, 0.05) is 24.6 Å². The van der Waals surface area contributed by atoms with Crippen LogP contribution in [0.3, 0.4) is 0 Å². The van der Waals surface area contributed by atoms with Crippen LogP contribution in [0.15, 0.2) is 36.7 Å². The monoisotopic (exact) mass is 257 g/mol. The fraction of sp³-hybridized carbons (Fsp3) is 0.438. The molecule has 102 valence electrons. The Hall–Kier alpha value is -1.77. The summed E-state index contributed by atoms with van der Waals surface area (Å²) >= 11 is 0. The standard InChI is InChI=1S/C16H23N3/c1-4-10-19-11-9-17-16(19)12-18-15-7-5-14(6-8-15)13(2)3/h5-9,11,13,18H,4,10,12H2,1-3H3. The van der Waals surface area contributed by atoms with Gasteiger partial charge in [0.1, 0.15) is 5.82 Å². The van der Waals surface area contributed by atoms with Crippen LogP contribution in [-0.2, 0) is 13.1 Å². The summed E-state index contributed by atoms with van der Waals surface area (Å²) in [4.78, 5) is 4.40. The molecular weight excluding hydrogens is 234 g/mol. The van der Waals surface area contributed by atoms with Crippen molar-refractivity contribution in [1.82, 2.24) is 9.55 Å². The van der Waals surface area contributed by atoms with Crippen LogP contribution < -0.4 is 5.32 Å². The number of imidazole rings is 1.